The molecule has 2 aromatic carbocycles. The maximum Gasteiger partial charge on any atom is 0.266 e. The topological polar surface area (TPSA) is 80.6 Å². The molecule has 0 fully saturated rings. The summed E-state index contributed by atoms with van der Waals surface area (Å²) in [7, 11) is 1.55. The third-order valence-electron chi connectivity index (χ3n) is 3.67. The number of carbonyl (C=O) groups excluding carboxylic acids is 1. The Morgan fingerprint density at radius 3 is 2.39 bits per heavy atom. The summed E-state index contributed by atoms with van der Waals surface area (Å²) in [5, 5.41) is 12.2. The lowest BCUT2D eigenvalue weighted by molar-refractivity contribution is -0.112. The number of hydrogen-bond acceptors (Lipinski definition) is 5. The Balaban J connectivity index is 2.26. The van der Waals surface area contributed by atoms with E-state index in [0.717, 1.165) is 0 Å². The standard InChI is InChI=1S/C21H21BrN2O4/c1-4-27-17-8-6-16(7-9-17)24-21(25)15(13-23)10-14-11-20(28-5-2)19(26-3)12-18(14)22/h6-12H,4-5H2,1-3H3,(H,24,25)/b15-10-. The molecule has 146 valence electrons. The molecule has 0 radical (unpaired) electrons. The van der Waals surface area contributed by atoms with Crippen molar-refractivity contribution in [1.82, 2.24) is 0 Å². The van der Waals surface area contributed by atoms with Crippen LogP contribution in [0.5, 0.6) is 17.2 Å². The molecule has 0 atom stereocenters. The fourth-order valence-corrected chi connectivity index (χ4v) is 2.83. The SMILES string of the molecule is CCOc1ccc(NC(=O)/C(C#N)=C\c2cc(OCC)c(OC)cc2Br)cc1. The number of benzene rings is 2. The number of hydrogen-bond donors (Lipinski definition) is 1. The molecule has 0 aliphatic heterocycles. The molecule has 7 heteroatoms. The minimum Gasteiger partial charge on any atom is -0.494 e. The zero-order valence-electron chi connectivity index (χ0n) is 15.9. The smallest absolute Gasteiger partial charge is 0.266 e. The fourth-order valence-electron chi connectivity index (χ4n) is 2.39. The van der Waals surface area contributed by atoms with Gasteiger partial charge in [-0.25, -0.2) is 0 Å². The van der Waals surface area contributed by atoms with Crippen LogP contribution in [0.4, 0.5) is 5.69 Å². The van der Waals surface area contributed by atoms with Gasteiger partial charge in [0.15, 0.2) is 11.5 Å². The van der Waals surface area contributed by atoms with Gasteiger partial charge in [0.2, 0.25) is 0 Å². The Labute approximate surface area is 172 Å². The summed E-state index contributed by atoms with van der Waals surface area (Å²) in [4.78, 5) is 12.5. The molecule has 0 heterocycles. The summed E-state index contributed by atoms with van der Waals surface area (Å²) in [5.41, 5.74) is 1.16. The molecule has 0 spiro atoms. The first-order valence-corrected chi connectivity index (χ1v) is 9.48. The predicted octanol–water partition coefficient (Wildman–Crippen LogP) is 4.80. The lowest BCUT2D eigenvalue weighted by atomic mass is 10.1. The second-order valence-corrected chi connectivity index (χ2v) is 6.39. The van der Waals surface area contributed by atoms with Crippen LogP contribution in [0, 0.1) is 11.3 Å². The maximum atomic E-state index is 12.5. The summed E-state index contributed by atoms with van der Waals surface area (Å²) >= 11 is 3.43. The van der Waals surface area contributed by atoms with Crippen LogP contribution in [0.25, 0.3) is 6.08 Å². The summed E-state index contributed by atoms with van der Waals surface area (Å²) in [6.45, 7) is 4.79. The number of ether oxygens (including phenoxy) is 3. The van der Waals surface area contributed by atoms with Gasteiger partial charge in [0, 0.05) is 10.2 Å². The van der Waals surface area contributed by atoms with Gasteiger partial charge < -0.3 is 19.5 Å². The average molecular weight is 445 g/mol. The number of rotatable bonds is 8. The van der Waals surface area contributed by atoms with Crippen LogP contribution >= 0.6 is 15.9 Å². The van der Waals surface area contributed by atoms with E-state index >= 15 is 0 Å². The van der Waals surface area contributed by atoms with Crippen LogP contribution < -0.4 is 19.5 Å². The highest BCUT2D eigenvalue weighted by Gasteiger charge is 2.13. The van der Waals surface area contributed by atoms with E-state index in [1.54, 1.807) is 43.5 Å². The maximum absolute atomic E-state index is 12.5. The van der Waals surface area contributed by atoms with Crippen LogP contribution in [-0.4, -0.2) is 26.2 Å². The zero-order chi connectivity index (χ0) is 20.5. The molecular formula is C21H21BrN2O4. The molecule has 6 nitrogen and oxygen atoms in total. The Bertz CT molecular complexity index is 902. The summed E-state index contributed by atoms with van der Waals surface area (Å²) < 4.78 is 16.9. The van der Waals surface area contributed by atoms with Crippen molar-refractivity contribution in [3.63, 3.8) is 0 Å². The van der Waals surface area contributed by atoms with Gasteiger partial charge in [0.05, 0.1) is 20.3 Å². The molecule has 0 aliphatic rings. The van der Waals surface area contributed by atoms with Crippen molar-refractivity contribution in [3.8, 4) is 23.3 Å². The van der Waals surface area contributed by atoms with Gasteiger partial charge in [-0.2, -0.15) is 5.26 Å². The van der Waals surface area contributed by atoms with Crippen molar-refractivity contribution in [2.75, 3.05) is 25.6 Å². The quantitative estimate of drug-likeness (QED) is 0.467. The predicted molar refractivity (Wildman–Crippen MR) is 112 cm³/mol. The molecule has 0 aromatic heterocycles. The van der Waals surface area contributed by atoms with Gasteiger partial charge in [-0.05, 0) is 61.9 Å². The van der Waals surface area contributed by atoms with Crippen molar-refractivity contribution in [2.24, 2.45) is 0 Å². The van der Waals surface area contributed by atoms with E-state index < -0.39 is 5.91 Å². The zero-order valence-corrected chi connectivity index (χ0v) is 17.5. The number of amides is 1. The van der Waals surface area contributed by atoms with Crippen molar-refractivity contribution < 1.29 is 19.0 Å². The Morgan fingerprint density at radius 2 is 1.82 bits per heavy atom. The highest BCUT2D eigenvalue weighted by molar-refractivity contribution is 9.10. The van der Waals surface area contributed by atoms with Crippen LogP contribution in [0.2, 0.25) is 0 Å². The molecule has 1 amide bonds. The number of halogens is 1. The number of carbonyl (C=O) groups is 1. The number of methoxy groups -OCH3 is 1. The molecule has 2 aromatic rings. The van der Waals surface area contributed by atoms with Gasteiger partial charge in [-0.3, -0.25) is 4.79 Å². The van der Waals surface area contributed by atoms with Crippen molar-refractivity contribution in [3.05, 3.63) is 52.0 Å². The van der Waals surface area contributed by atoms with Gasteiger partial charge in [0.1, 0.15) is 17.4 Å². The highest BCUT2D eigenvalue weighted by Crippen LogP contribution is 2.34. The molecule has 0 aliphatic carbocycles. The Morgan fingerprint density at radius 1 is 1.14 bits per heavy atom. The fraction of sp³-hybridized carbons (Fsp3) is 0.238. The Hall–Kier alpha value is -2.98. The van der Waals surface area contributed by atoms with E-state index in [0.29, 0.717) is 46.2 Å². The molecule has 1 N–H and O–H groups in total. The number of anilines is 1. The van der Waals surface area contributed by atoms with E-state index in [9.17, 15) is 10.1 Å². The second-order valence-electron chi connectivity index (χ2n) is 5.54. The minimum absolute atomic E-state index is 0.0396. The number of nitrogens with one attached hydrogen (secondary N) is 1. The van der Waals surface area contributed by atoms with Crippen molar-refractivity contribution >= 4 is 33.6 Å². The first-order valence-electron chi connectivity index (χ1n) is 8.68. The molecule has 0 saturated heterocycles. The van der Waals surface area contributed by atoms with Gasteiger partial charge in [-0.1, -0.05) is 15.9 Å². The van der Waals surface area contributed by atoms with Crippen LogP contribution in [0.15, 0.2) is 46.4 Å². The van der Waals surface area contributed by atoms with E-state index in [1.165, 1.54) is 6.08 Å². The third-order valence-corrected chi connectivity index (χ3v) is 4.36. The van der Waals surface area contributed by atoms with E-state index in [-0.39, 0.29) is 5.57 Å². The summed E-state index contributed by atoms with van der Waals surface area (Å²) in [6, 6.07) is 12.3. The molecule has 2 rings (SSSR count). The van der Waals surface area contributed by atoms with E-state index in [4.69, 9.17) is 14.2 Å². The van der Waals surface area contributed by atoms with Crippen LogP contribution in [0.3, 0.4) is 0 Å². The normalized spacial score (nSPS) is 10.8. The van der Waals surface area contributed by atoms with Crippen LogP contribution in [-0.2, 0) is 4.79 Å². The van der Waals surface area contributed by atoms with Gasteiger partial charge >= 0.3 is 0 Å². The highest BCUT2D eigenvalue weighted by atomic mass is 79.9. The molecular weight excluding hydrogens is 424 g/mol. The summed E-state index contributed by atoms with van der Waals surface area (Å²) in [5.74, 6) is 1.29. The third kappa shape index (κ3) is 5.51. The number of nitrogens with zero attached hydrogens (tertiary/aromatic N) is 1. The number of nitriles is 1. The van der Waals surface area contributed by atoms with Crippen molar-refractivity contribution in [2.45, 2.75) is 13.8 Å². The van der Waals surface area contributed by atoms with E-state index in [1.807, 2.05) is 19.9 Å². The first-order chi connectivity index (χ1) is 13.5. The van der Waals surface area contributed by atoms with Gasteiger partial charge in [-0.15, -0.1) is 0 Å². The molecule has 0 saturated carbocycles. The minimum atomic E-state index is -0.507. The lowest BCUT2D eigenvalue weighted by Crippen LogP contribution is -2.13. The first kappa shape index (κ1) is 21.3. The average Bonchev–Trinajstić information content (AvgIpc) is 2.69. The molecule has 28 heavy (non-hydrogen) atoms. The monoisotopic (exact) mass is 444 g/mol. The van der Waals surface area contributed by atoms with Crippen molar-refractivity contribution in [1.29, 1.82) is 5.26 Å². The molecule has 0 bridgehead atoms. The lowest BCUT2D eigenvalue weighted by Gasteiger charge is -2.12. The van der Waals surface area contributed by atoms with Crippen LogP contribution in [0.1, 0.15) is 19.4 Å². The van der Waals surface area contributed by atoms with Gasteiger partial charge in [0.25, 0.3) is 5.91 Å². The Kier molecular flexibility index (Phi) is 7.90. The second kappa shape index (κ2) is 10.4. The largest absolute Gasteiger partial charge is 0.494 e. The summed E-state index contributed by atoms with van der Waals surface area (Å²) in [6.07, 6.45) is 1.50. The van der Waals surface area contributed by atoms with E-state index in [2.05, 4.69) is 21.2 Å². The molecule has 0 unspecified atom stereocenters.